The number of hydrogen-bond acceptors (Lipinski definition) is 2. The highest BCUT2D eigenvalue weighted by atomic mass is 16.5. The summed E-state index contributed by atoms with van der Waals surface area (Å²) in [5.41, 5.74) is 0.504. The lowest BCUT2D eigenvalue weighted by Gasteiger charge is -2.17. The highest BCUT2D eigenvalue weighted by molar-refractivity contribution is 5.36. The first-order chi connectivity index (χ1) is 8.56. The van der Waals surface area contributed by atoms with E-state index in [1.165, 1.54) is 57.8 Å². The van der Waals surface area contributed by atoms with Crippen LogP contribution in [0.25, 0.3) is 0 Å². The lowest BCUT2D eigenvalue weighted by Crippen LogP contribution is -2.03. The molecule has 18 heavy (non-hydrogen) atoms. The normalized spacial score (nSPS) is 11.5. The molecule has 108 valence electrons. The average Bonchev–Trinajstić information content (AvgIpc) is 2.29. The van der Waals surface area contributed by atoms with E-state index >= 15 is 0 Å². The summed E-state index contributed by atoms with van der Waals surface area (Å²) in [6.07, 6.45) is 13.1. The van der Waals surface area contributed by atoms with Gasteiger partial charge in [0.1, 0.15) is 0 Å². The van der Waals surface area contributed by atoms with Crippen LogP contribution in [0.2, 0.25) is 0 Å². The van der Waals surface area contributed by atoms with Crippen LogP contribution in [-0.4, -0.2) is 13.1 Å². The molecule has 0 bridgehead atoms. The van der Waals surface area contributed by atoms with Crippen LogP contribution in [0.1, 0.15) is 85.0 Å². The third-order valence-corrected chi connectivity index (χ3v) is 3.26. The van der Waals surface area contributed by atoms with Gasteiger partial charge in [-0.15, -0.1) is 0 Å². The molecule has 0 aliphatic heterocycles. The molecule has 0 aliphatic rings. The molecule has 0 atom stereocenters. The van der Waals surface area contributed by atoms with Gasteiger partial charge in [0.05, 0.1) is 6.61 Å². The van der Waals surface area contributed by atoms with Gasteiger partial charge in [0.2, 0.25) is 0 Å². The Bertz CT molecular complexity index is 182. The van der Waals surface area contributed by atoms with Crippen LogP contribution in [0.3, 0.4) is 0 Å². The van der Waals surface area contributed by atoms with Crippen molar-refractivity contribution in [2.75, 3.05) is 6.61 Å². The van der Waals surface area contributed by atoms with E-state index in [1.807, 2.05) is 0 Å². The summed E-state index contributed by atoms with van der Waals surface area (Å²) in [5, 5.41) is 0. The van der Waals surface area contributed by atoms with E-state index < -0.39 is 0 Å². The SMILES string of the molecule is CC(C)(C)CCCCCCCCCCCOC=O. The fraction of sp³-hybridized carbons (Fsp3) is 0.938. The van der Waals surface area contributed by atoms with Gasteiger partial charge in [-0.3, -0.25) is 4.79 Å². The van der Waals surface area contributed by atoms with Crippen molar-refractivity contribution >= 4 is 6.47 Å². The van der Waals surface area contributed by atoms with Crippen LogP contribution >= 0.6 is 0 Å². The molecule has 0 fully saturated rings. The Labute approximate surface area is 113 Å². The highest BCUT2D eigenvalue weighted by Gasteiger charge is 2.08. The molecule has 0 amide bonds. The fourth-order valence-electron chi connectivity index (χ4n) is 2.13. The standard InChI is InChI=1S/C16H32O2/c1-16(2,3)13-11-9-7-5-4-6-8-10-12-14-18-15-17/h15H,4-14H2,1-3H3. The van der Waals surface area contributed by atoms with Gasteiger partial charge in [-0.25, -0.2) is 0 Å². The quantitative estimate of drug-likeness (QED) is 0.358. The van der Waals surface area contributed by atoms with E-state index in [1.54, 1.807) is 0 Å². The second-order valence-corrected chi connectivity index (χ2v) is 6.46. The summed E-state index contributed by atoms with van der Waals surface area (Å²) < 4.78 is 4.65. The summed E-state index contributed by atoms with van der Waals surface area (Å²) in [7, 11) is 0. The van der Waals surface area contributed by atoms with Gasteiger partial charge < -0.3 is 4.74 Å². The Hall–Kier alpha value is -0.530. The number of hydrogen-bond donors (Lipinski definition) is 0. The van der Waals surface area contributed by atoms with Crippen molar-refractivity contribution < 1.29 is 9.53 Å². The van der Waals surface area contributed by atoms with Crippen molar-refractivity contribution in [3.63, 3.8) is 0 Å². The summed E-state index contributed by atoms with van der Waals surface area (Å²) >= 11 is 0. The van der Waals surface area contributed by atoms with Gasteiger partial charge in [-0.05, 0) is 18.3 Å². The third-order valence-electron chi connectivity index (χ3n) is 3.26. The van der Waals surface area contributed by atoms with Crippen LogP contribution in [0.15, 0.2) is 0 Å². The lowest BCUT2D eigenvalue weighted by molar-refractivity contribution is -0.128. The smallest absolute Gasteiger partial charge is 0.293 e. The number of carbonyl (C=O) groups is 1. The second kappa shape index (κ2) is 11.6. The third kappa shape index (κ3) is 15.5. The Kier molecular flexibility index (Phi) is 11.2. The molecule has 0 aliphatic carbocycles. The Balaban J connectivity index is 3.01. The molecule has 0 heterocycles. The van der Waals surface area contributed by atoms with Crippen molar-refractivity contribution in [3.8, 4) is 0 Å². The van der Waals surface area contributed by atoms with Crippen LogP contribution in [-0.2, 0) is 9.53 Å². The van der Waals surface area contributed by atoms with Gasteiger partial charge in [-0.2, -0.15) is 0 Å². The number of unbranched alkanes of at least 4 members (excludes halogenated alkanes) is 8. The predicted octanol–water partition coefficient (Wildman–Crippen LogP) is 5.11. The lowest BCUT2D eigenvalue weighted by atomic mass is 9.89. The molecule has 0 unspecified atom stereocenters. The van der Waals surface area contributed by atoms with E-state index in [0.717, 1.165) is 6.42 Å². The average molecular weight is 256 g/mol. The molecular formula is C16H32O2. The molecule has 2 nitrogen and oxygen atoms in total. The van der Waals surface area contributed by atoms with Crippen molar-refractivity contribution in [2.24, 2.45) is 5.41 Å². The first kappa shape index (κ1) is 17.5. The minimum atomic E-state index is 0.504. The monoisotopic (exact) mass is 256 g/mol. The molecule has 0 spiro atoms. The first-order valence-corrected chi connectivity index (χ1v) is 7.61. The zero-order valence-corrected chi connectivity index (χ0v) is 12.7. The highest BCUT2D eigenvalue weighted by Crippen LogP contribution is 2.22. The van der Waals surface area contributed by atoms with E-state index in [4.69, 9.17) is 0 Å². The maximum absolute atomic E-state index is 9.90. The number of ether oxygens (including phenoxy) is 1. The van der Waals surface area contributed by atoms with Crippen LogP contribution in [0.5, 0.6) is 0 Å². The topological polar surface area (TPSA) is 26.3 Å². The fourth-order valence-corrected chi connectivity index (χ4v) is 2.13. The van der Waals surface area contributed by atoms with E-state index in [-0.39, 0.29) is 0 Å². The molecule has 0 saturated carbocycles. The number of rotatable bonds is 12. The Morgan fingerprint density at radius 1 is 0.778 bits per heavy atom. The predicted molar refractivity (Wildman–Crippen MR) is 77.6 cm³/mol. The minimum Gasteiger partial charge on any atom is -0.468 e. The molecule has 0 radical (unpaired) electrons. The van der Waals surface area contributed by atoms with E-state index in [2.05, 4.69) is 25.5 Å². The zero-order chi connectivity index (χ0) is 13.7. The molecule has 2 heteroatoms. The van der Waals surface area contributed by atoms with Gasteiger partial charge in [0.15, 0.2) is 0 Å². The van der Waals surface area contributed by atoms with Crippen LogP contribution in [0.4, 0.5) is 0 Å². The maximum atomic E-state index is 9.90. The van der Waals surface area contributed by atoms with Crippen molar-refractivity contribution in [1.82, 2.24) is 0 Å². The molecule has 0 aromatic rings. The molecule has 0 rings (SSSR count). The van der Waals surface area contributed by atoms with Crippen LogP contribution < -0.4 is 0 Å². The molecule has 0 aromatic heterocycles. The zero-order valence-electron chi connectivity index (χ0n) is 12.7. The summed E-state index contributed by atoms with van der Waals surface area (Å²) in [4.78, 5) is 9.90. The van der Waals surface area contributed by atoms with Gasteiger partial charge in [0.25, 0.3) is 6.47 Å². The van der Waals surface area contributed by atoms with Crippen LogP contribution in [0, 0.1) is 5.41 Å². The minimum absolute atomic E-state index is 0.504. The van der Waals surface area contributed by atoms with Gasteiger partial charge in [0, 0.05) is 0 Å². The molecule has 0 N–H and O–H groups in total. The molecular weight excluding hydrogens is 224 g/mol. The largest absolute Gasteiger partial charge is 0.468 e. The van der Waals surface area contributed by atoms with Crippen molar-refractivity contribution in [3.05, 3.63) is 0 Å². The number of carbonyl (C=O) groups excluding carboxylic acids is 1. The molecule has 0 aromatic carbocycles. The maximum Gasteiger partial charge on any atom is 0.293 e. The Morgan fingerprint density at radius 2 is 1.22 bits per heavy atom. The van der Waals surface area contributed by atoms with Gasteiger partial charge >= 0.3 is 0 Å². The Morgan fingerprint density at radius 3 is 1.67 bits per heavy atom. The summed E-state index contributed by atoms with van der Waals surface area (Å²) in [6.45, 7) is 8.10. The summed E-state index contributed by atoms with van der Waals surface area (Å²) in [6, 6.07) is 0. The van der Waals surface area contributed by atoms with E-state index in [9.17, 15) is 4.79 Å². The van der Waals surface area contributed by atoms with Gasteiger partial charge in [-0.1, -0.05) is 72.1 Å². The van der Waals surface area contributed by atoms with Crippen molar-refractivity contribution in [1.29, 1.82) is 0 Å². The summed E-state index contributed by atoms with van der Waals surface area (Å²) in [5.74, 6) is 0. The molecule has 0 saturated heterocycles. The second-order valence-electron chi connectivity index (χ2n) is 6.46. The first-order valence-electron chi connectivity index (χ1n) is 7.61. The van der Waals surface area contributed by atoms with Crippen molar-refractivity contribution in [2.45, 2.75) is 85.0 Å². The van der Waals surface area contributed by atoms with E-state index in [0.29, 0.717) is 18.5 Å².